The number of nitrogen functional groups attached to an aromatic ring is 1. The molecule has 0 saturated carbocycles. The first-order chi connectivity index (χ1) is 6.67. The van der Waals surface area contributed by atoms with Crippen LogP contribution in [0, 0.1) is 0 Å². The normalized spacial score (nSPS) is 12.4. The average Bonchev–Trinajstić information content (AvgIpc) is 2.61. The van der Waals surface area contributed by atoms with Crippen molar-refractivity contribution in [3.8, 4) is 0 Å². The van der Waals surface area contributed by atoms with Crippen LogP contribution in [0.25, 0.3) is 0 Å². The van der Waals surface area contributed by atoms with Gasteiger partial charge in [0.25, 0.3) is 5.91 Å². The number of H-pyrrole nitrogens is 1. The predicted octanol–water partition coefficient (Wildman–Crippen LogP) is -1.11. The molecule has 0 unspecified atom stereocenters. The second-order valence-corrected chi connectivity index (χ2v) is 2.80. The minimum Gasteiger partial charge on any atom is -0.394 e. The highest BCUT2D eigenvalue weighted by molar-refractivity contribution is 5.90. The maximum Gasteiger partial charge on any atom is 0.288 e. The van der Waals surface area contributed by atoms with Crippen LogP contribution in [-0.4, -0.2) is 38.8 Å². The van der Waals surface area contributed by atoms with Gasteiger partial charge in [0.15, 0.2) is 0 Å². The average molecular weight is 199 g/mol. The van der Waals surface area contributed by atoms with E-state index in [1.54, 1.807) is 0 Å². The minimum atomic E-state index is -0.421. The summed E-state index contributed by atoms with van der Waals surface area (Å²) in [5.41, 5.74) is 5.23. The van der Waals surface area contributed by atoms with Crippen LogP contribution in [0.15, 0.2) is 0 Å². The number of hydrogen-bond acceptors (Lipinski definition) is 5. The standard InChI is InChI=1S/C7H13N5O2/c1-2-4(3-13)9-6(14)5-10-7(8)12-11-5/h4,13H,2-3H2,1H3,(H,9,14)(H3,8,10,11,12)/t4-/m0/s1. The largest absolute Gasteiger partial charge is 0.394 e. The molecule has 1 amide bonds. The molecule has 0 fully saturated rings. The number of aliphatic hydroxyl groups excluding tert-OH is 1. The molecular weight excluding hydrogens is 186 g/mol. The number of aliphatic hydroxyl groups is 1. The Kier molecular flexibility index (Phi) is 3.41. The summed E-state index contributed by atoms with van der Waals surface area (Å²) in [6.07, 6.45) is 0.645. The van der Waals surface area contributed by atoms with E-state index in [1.807, 2.05) is 6.92 Å². The van der Waals surface area contributed by atoms with Crippen LogP contribution < -0.4 is 11.1 Å². The van der Waals surface area contributed by atoms with Gasteiger partial charge < -0.3 is 16.2 Å². The molecule has 0 spiro atoms. The molecule has 0 aromatic carbocycles. The first-order valence-corrected chi connectivity index (χ1v) is 4.27. The van der Waals surface area contributed by atoms with Crippen LogP contribution in [0.1, 0.15) is 24.0 Å². The lowest BCUT2D eigenvalue weighted by Crippen LogP contribution is -2.37. The van der Waals surface area contributed by atoms with Crippen molar-refractivity contribution in [2.75, 3.05) is 12.3 Å². The predicted molar refractivity (Wildman–Crippen MR) is 49.4 cm³/mol. The van der Waals surface area contributed by atoms with Crippen molar-refractivity contribution in [1.29, 1.82) is 0 Å². The van der Waals surface area contributed by atoms with E-state index in [9.17, 15) is 4.79 Å². The first kappa shape index (κ1) is 10.5. The Morgan fingerprint density at radius 2 is 2.50 bits per heavy atom. The third-order valence-corrected chi connectivity index (χ3v) is 1.77. The number of aromatic amines is 1. The third kappa shape index (κ3) is 2.43. The van der Waals surface area contributed by atoms with E-state index in [0.717, 1.165) is 0 Å². The summed E-state index contributed by atoms with van der Waals surface area (Å²) in [6.45, 7) is 1.75. The van der Waals surface area contributed by atoms with E-state index >= 15 is 0 Å². The Morgan fingerprint density at radius 1 is 1.79 bits per heavy atom. The van der Waals surface area contributed by atoms with Gasteiger partial charge in [0.2, 0.25) is 11.8 Å². The quantitative estimate of drug-likeness (QED) is 0.490. The Balaban J connectivity index is 2.58. The Labute approximate surface area is 80.7 Å². The fourth-order valence-electron chi connectivity index (χ4n) is 0.907. The zero-order chi connectivity index (χ0) is 10.6. The molecule has 0 radical (unpaired) electrons. The highest BCUT2D eigenvalue weighted by Crippen LogP contribution is 1.95. The highest BCUT2D eigenvalue weighted by atomic mass is 16.3. The van der Waals surface area contributed by atoms with Crippen molar-refractivity contribution < 1.29 is 9.90 Å². The zero-order valence-corrected chi connectivity index (χ0v) is 7.82. The Bertz CT molecular complexity index is 307. The van der Waals surface area contributed by atoms with Crippen molar-refractivity contribution in [2.24, 2.45) is 0 Å². The van der Waals surface area contributed by atoms with Crippen molar-refractivity contribution >= 4 is 11.9 Å². The number of nitrogens with zero attached hydrogens (tertiary/aromatic N) is 2. The van der Waals surface area contributed by atoms with Crippen LogP contribution in [0.2, 0.25) is 0 Å². The van der Waals surface area contributed by atoms with Gasteiger partial charge >= 0.3 is 0 Å². The van der Waals surface area contributed by atoms with E-state index in [1.165, 1.54) is 0 Å². The van der Waals surface area contributed by atoms with Gasteiger partial charge in [-0.2, -0.15) is 4.98 Å². The molecule has 1 aromatic rings. The molecule has 0 aliphatic rings. The maximum atomic E-state index is 11.4. The molecule has 5 N–H and O–H groups in total. The summed E-state index contributed by atoms with van der Waals surface area (Å²) in [7, 11) is 0. The van der Waals surface area contributed by atoms with Gasteiger partial charge in [-0.05, 0) is 6.42 Å². The number of carbonyl (C=O) groups is 1. The van der Waals surface area contributed by atoms with Crippen LogP contribution >= 0.6 is 0 Å². The Hall–Kier alpha value is -1.63. The van der Waals surface area contributed by atoms with Crippen LogP contribution in [0.5, 0.6) is 0 Å². The van der Waals surface area contributed by atoms with Gasteiger partial charge in [-0.15, -0.1) is 5.10 Å². The van der Waals surface area contributed by atoms with E-state index in [4.69, 9.17) is 10.8 Å². The van der Waals surface area contributed by atoms with Crippen molar-refractivity contribution in [2.45, 2.75) is 19.4 Å². The lowest BCUT2D eigenvalue weighted by molar-refractivity contribution is 0.0905. The summed E-state index contributed by atoms with van der Waals surface area (Å²) in [5.74, 6) is -0.350. The second-order valence-electron chi connectivity index (χ2n) is 2.80. The first-order valence-electron chi connectivity index (χ1n) is 4.27. The lowest BCUT2D eigenvalue weighted by Gasteiger charge is -2.11. The summed E-state index contributed by atoms with van der Waals surface area (Å²) < 4.78 is 0. The van der Waals surface area contributed by atoms with E-state index < -0.39 is 5.91 Å². The molecule has 1 rings (SSSR count). The van der Waals surface area contributed by atoms with Gasteiger partial charge in [0.05, 0.1) is 12.6 Å². The molecule has 1 heterocycles. The van der Waals surface area contributed by atoms with Gasteiger partial charge in [0.1, 0.15) is 0 Å². The number of anilines is 1. The van der Waals surface area contributed by atoms with E-state index in [2.05, 4.69) is 20.5 Å². The summed E-state index contributed by atoms with van der Waals surface area (Å²) >= 11 is 0. The molecule has 78 valence electrons. The molecule has 0 bridgehead atoms. The van der Waals surface area contributed by atoms with Crippen LogP contribution in [0.3, 0.4) is 0 Å². The smallest absolute Gasteiger partial charge is 0.288 e. The minimum absolute atomic E-state index is 0.0206. The second kappa shape index (κ2) is 4.56. The fraction of sp³-hybridized carbons (Fsp3) is 0.571. The SMILES string of the molecule is CC[C@@H](CO)NC(=O)c1nc(N)n[nH]1. The third-order valence-electron chi connectivity index (χ3n) is 1.77. The number of nitrogens with one attached hydrogen (secondary N) is 2. The molecule has 7 nitrogen and oxygen atoms in total. The Morgan fingerprint density at radius 3 is 2.93 bits per heavy atom. The molecule has 1 atom stereocenters. The van der Waals surface area contributed by atoms with Crippen LogP contribution in [0.4, 0.5) is 5.95 Å². The van der Waals surface area contributed by atoms with Crippen molar-refractivity contribution in [3.63, 3.8) is 0 Å². The van der Waals surface area contributed by atoms with E-state index in [0.29, 0.717) is 6.42 Å². The van der Waals surface area contributed by atoms with Crippen molar-refractivity contribution in [1.82, 2.24) is 20.5 Å². The maximum absolute atomic E-state index is 11.4. The van der Waals surface area contributed by atoms with Crippen LogP contribution in [-0.2, 0) is 0 Å². The fourth-order valence-corrected chi connectivity index (χ4v) is 0.907. The molecule has 0 saturated heterocycles. The van der Waals surface area contributed by atoms with Crippen molar-refractivity contribution in [3.05, 3.63) is 5.82 Å². The lowest BCUT2D eigenvalue weighted by atomic mass is 10.2. The molecule has 0 aliphatic carbocycles. The number of aromatic nitrogens is 3. The summed E-state index contributed by atoms with van der Waals surface area (Å²) in [5, 5.41) is 17.3. The van der Waals surface area contributed by atoms with Gasteiger partial charge in [-0.1, -0.05) is 6.92 Å². The number of hydrogen-bond donors (Lipinski definition) is 4. The van der Waals surface area contributed by atoms with E-state index in [-0.39, 0.29) is 24.4 Å². The number of nitrogens with two attached hydrogens (primary N) is 1. The topological polar surface area (TPSA) is 117 Å². The molecule has 0 aliphatic heterocycles. The zero-order valence-electron chi connectivity index (χ0n) is 7.82. The number of amides is 1. The highest BCUT2D eigenvalue weighted by Gasteiger charge is 2.14. The molecule has 14 heavy (non-hydrogen) atoms. The molecule has 7 heteroatoms. The summed E-state index contributed by atoms with van der Waals surface area (Å²) in [6, 6.07) is -0.270. The summed E-state index contributed by atoms with van der Waals surface area (Å²) in [4.78, 5) is 15.0. The molecule has 1 aromatic heterocycles. The van der Waals surface area contributed by atoms with Gasteiger partial charge in [0, 0.05) is 0 Å². The molecular formula is C7H13N5O2. The number of carbonyl (C=O) groups excluding carboxylic acids is 1. The van der Waals surface area contributed by atoms with Gasteiger partial charge in [-0.3, -0.25) is 9.89 Å². The number of rotatable bonds is 4. The van der Waals surface area contributed by atoms with Gasteiger partial charge in [-0.25, -0.2) is 0 Å². The monoisotopic (exact) mass is 199 g/mol.